The predicted molar refractivity (Wildman–Crippen MR) is 127 cm³/mol. The molecule has 3 rings (SSSR count). The first kappa shape index (κ1) is 25.0. The number of amides is 1. The van der Waals surface area contributed by atoms with Crippen molar-refractivity contribution in [1.29, 1.82) is 0 Å². The van der Waals surface area contributed by atoms with E-state index in [1.807, 2.05) is 12.1 Å². The highest BCUT2D eigenvalue weighted by Gasteiger charge is 2.33. The maximum absolute atomic E-state index is 13.1. The lowest BCUT2D eigenvalue weighted by molar-refractivity contribution is -0.132. The topological polar surface area (TPSA) is 109 Å². The van der Waals surface area contributed by atoms with Crippen LogP contribution >= 0.6 is 23.4 Å². The number of halogens is 1. The first-order valence-electron chi connectivity index (χ1n) is 9.74. The zero-order chi connectivity index (χ0) is 23.8. The number of hydroxylamine groups is 1. The van der Waals surface area contributed by atoms with Crippen LogP contribution < -0.4 is 10.2 Å². The summed E-state index contributed by atoms with van der Waals surface area (Å²) >= 11 is 7.19. The number of hydrogen-bond donors (Lipinski definition) is 2. The van der Waals surface area contributed by atoms with Crippen molar-refractivity contribution in [2.75, 3.05) is 12.8 Å². The molecule has 2 aromatic carbocycles. The standard InChI is InChI=1S/C22H22ClN3O5S2/c1-26(21(22(27)25-28)15-32-14-17-4-2-3-13-24-17)33(29,30)20-11-9-19(10-12-20)31-18-7-5-16(23)6-8-18/h2-13,21,28H,14-15H2,1H3,(H,25,27). The van der Waals surface area contributed by atoms with E-state index in [9.17, 15) is 13.2 Å². The molecule has 0 bridgehead atoms. The molecule has 33 heavy (non-hydrogen) atoms. The van der Waals surface area contributed by atoms with E-state index in [1.165, 1.54) is 43.1 Å². The van der Waals surface area contributed by atoms with E-state index in [2.05, 4.69) is 4.98 Å². The Balaban J connectivity index is 1.70. The van der Waals surface area contributed by atoms with E-state index >= 15 is 0 Å². The van der Waals surface area contributed by atoms with Gasteiger partial charge in [0.15, 0.2) is 0 Å². The van der Waals surface area contributed by atoms with Gasteiger partial charge in [0.1, 0.15) is 17.5 Å². The van der Waals surface area contributed by atoms with Crippen molar-refractivity contribution in [3.8, 4) is 11.5 Å². The summed E-state index contributed by atoms with van der Waals surface area (Å²) in [5.74, 6) is 0.778. The predicted octanol–water partition coefficient (Wildman–Crippen LogP) is 3.96. The smallest absolute Gasteiger partial charge is 0.262 e. The molecule has 8 nitrogen and oxygen atoms in total. The van der Waals surface area contributed by atoms with Crippen LogP contribution in [0.3, 0.4) is 0 Å². The molecule has 3 aromatic rings. The number of thioether (sulfide) groups is 1. The first-order valence-corrected chi connectivity index (χ1v) is 12.7. The summed E-state index contributed by atoms with van der Waals surface area (Å²) in [4.78, 5) is 16.4. The van der Waals surface area contributed by atoms with Crippen molar-refractivity contribution >= 4 is 39.3 Å². The zero-order valence-corrected chi connectivity index (χ0v) is 20.0. The highest BCUT2D eigenvalue weighted by Crippen LogP contribution is 2.26. The Bertz CT molecular complexity index is 1160. The molecular formula is C22H22ClN3O5S2. The van der Waals surface area contributed by atoms with Gasteiger partial charge in [-0.1, -0.05) is 17.7 Å². The molecule has 0 spiro atoms. The Morgan fingerprint density at radius 3 is 2.33 bits per heavy atom. The highest BCUT2D eigenvalue weighted by atomic mass is 35.5. The first-order chi connectivity index (χ1) is 15.8. The van der Waals surface area contributed by atoms with Crippen LogP contribution in [0.2, 0.25) is 5.02 Å². The van der Waals surface area contributed by atoms with Gasteiger partial charge in [0.05, 0.1) is 10.6 Å². The quantitative estimate of drug-likeness (QED) is 0.316. The lowest BCUT2D eigenvalue weighted by atomic mass is 10.3. The van der Waals surface area contributed by atoms with Gasteiger partial charge in [0, 0.05) is 29.8 Å². The lowest BCUT2D eigenvalue weighted by Crippen LogP contribution is -2.48. The Hall–Kier alpha value is -2.63. The molecule has 0 fully saturated rings. The van der Waals surface area contributed by atoms with Gasteiger partial charge in [0.25, 0.3) is 5.91 Å². The maximum atomic E-state index is 13.1. The van der Waals surface area contributed by atoms with Crippen molar-refractivity contribution < 1.29 is 23.2 Å². The molecule has 0 saturated carbocycles. The molecule has 1 heterocycles. The minimum atomic E-state index is -4.02. The van der Waals surface area contributed by atoms with Crippen LogP contribution in [0, 0.1) is 0 Å². The molecule has 1 unspecified atom stereocenters. The number of carbonyl (C=O) groups excluding carboxylic acids is 1. The molecule has 1 aromatic heterocycles. The number of ether oxygens (including phenoxy) is 1. The summed E-state index contributed by atoms with van der Waals surface area (Å²) < 4.78 is 32.9. The summed E-state index contributed by atoms with van der Waals surface area (Å²) in [5.41, 5.74) is 2.35. The van der Waals surface area contributed by atoms with Crippen LogP contribution in [0.25, 0.3) is 0 Å². The van der Waals surface area contributed by atoms with Gasteiger partial charge in [-0.2, -0.15) is 16.1 Å². The van der Waals surface area contributed by atoms with Crippen LogP contribution in [0.15, 0.2) is 77.8 Å². The molecule has 0 aliphatic rings. The van der Waals surface area contributed by atoms with Crippen molar-refractivity contribution in [3.63, 3.8) is 0 Å². The molecule has 1 amide bonds. The Morgan fingerprint density at radius 2 is 1.76 bits per heavy atom. The minimum absolute atomic E-state index is 0.0149. The highest BCUT2D eigenvalue weighted by molar-refractivity contribution is 7.98. The van der Waals surface area contributed by atoms with E-state index in [4.69, 9.17) is 21.5 Å². The number of benzene rings is 2. The number of nitrogens with zero attached hydrogens (tertiary/aromatic N) is 2. The average Bonchev–Trinajstić information content (AvgIpc) is 2.83. The number of likely N-dealkylation sites (N-methyl/N-ethyl adjacent to an activating group) is 1. The van der Waals surface area contributed by atoms with Crippen molar-refractivity contribution in [2.45, 2.75) is 16.7 Å². The second-order valence-corrected chi connectivity index (χ2v) is 10.3. The number of hydrogen-bond acceptors (Lipinski definition) is 7. The van der Waals surface area contributed by atoms with E-state index < -0.39 is 22.0 Å². The largest absolute Gasteiger partial charge is 0.457 e. The van der Waals surface area contributed by atoms with Crippen LogP contribution in [0.1, 0.15) is 5.69 Å². The molecule has 0 saturated heterocycles. The molecule has 0 aliphatic heterocycles. The fraction of sp³-hybridized carbons (Fsp3) is 0.182. The van der Waals surface area contributed by atoms with Crippen LogP contribution in [0.4, 0.5) is 0 Å². The zero-order valence-electron chi connectivity index (χ0n) is 17.6. The average molecular weight is 508 g/mol. The van der Waals surface area contributed by atoms with Gasteiger partial charge in [0.2, 0.25) is 10.0 Å². The number of sulfonamides is 1. The summed E-state index contributed by atoms with van der Waals surface area (Å²) in [6, 6.07) is 16.9. The van der Waals surface area contributed by atoms with Crippen molar-refractivity contribution in [2.24, 2.45) is 0 Å². The van der Waals surface area contributed by atoms with E-state index in [0.29, 0.717) is 22.3 Å². The lowest BCUT2D eigenvalue weighted by Gasteiger charge is -2.25. The van der Waals surface area contributed by atoms with E-state index in [1.54, 1.807) is 42.0 Å². The number of pyridine rings is 1. The molecule has 0 aliphatic carbocycles. The molecule has 11 heteroatoms. The van der Waals surface area contributed by atoms with Crippen LogP contribution in [-0.2, 0) is 20.6 Å². The van der Waals surface area contributed by atoms with E-state index in [-0.39, 0.29) is 10.6 Å². The van der Waals surface area contributed by atoms with Crippen LogP contribution in [-0.4, -0.2) is 47.7 Å². The van der Waals surface area contributed by atoms with Crippen LogP contribution in [0.5, 0.6) is 11.5 Å². The number of rotatable bonds is 10. The Labute approximate surface area is 201 Å². The fourth-order valence-corrected chi connectivity index (χ4v) is 5.47. The number of carbonyl (C=O) groups is 1. The van der Waals surface area contributed by atoms with Gasteiger partial charge in [-0.15, -0.1) is 0 Å². The second-order valence-electron chi connectivity index (χ2n) is 6.88. The molecule has 1 atom stereocenters. The third kappa shape index (κ3) is 6.68. The number of nitrogens with one attached hydrogen (secondary N) is 1. The van der Waals surface area contributed by atoms with Gasteiger partial charge in [-0.3, -0.25) is 15.0 Å². The summed E-state index contributed by atoms with van der Waals surface area (Å²) in [5, 5.41) is 9.71. The number of aromatic nitrogens is 1. The van der Waals surface area contributed by atoms with Gasteiger partial charge >= 0.3 is 0 Å². The molecule has 2 N–H and O–H groups in total. The molecule has 0 radical (unpaired) electrons. The third-order valence-electron chi connectivity index (χ3n) is 4.65. The maximum Gasteiger partial charge on any atom is 0.262 e. The molecular weight excluding hydrogens is 486 g/mol. The summed E-state index contributed by atoms with van der Waals surface area (Å²) in [6.07, 6.45) is 1.66. The van der Waals surface area contributed by atoms with Crippen molar-refractivity contribution in [3.05, 3.63) is 83.6 Å². The second kappa shape index (κ2) is 11.5. The molecule has 174 valence electrons. The van der Waals surface area contributed by atoms with Crippen molar-refractivity contribution in [1.82, 2.24) is 14.8 Å². The monoisotopic (exact) mass is 507 g/mol. The summed E-state index contributed by atoms with van der Waals surface area (Å²) in [7, 11) is -2.72. The minimum Gasteiger partial charge on any atom is -0.457 e. The Kier molecular flexibility index (Phi) is 8.70. The fourth-order valence-electron chi connectivity index (χ4n) is 2.83. The third-order valence-corrected chi connectivity index (χ3v) is 7.84. The van der Waals surface area contributed by atoms with Gasteiger partial charge in [-0.05, 0) is 60.7 Å². The van der Waals surface area contributed by atoms with E-state index in [0.717, 1.165) is 10.00 Å². The Morgan fingerprint density at radius 1 is 1.12 bits per heavy atom. The SMILES string of the molecule is CN(C(CSCc1ccccn1)C(=O)NO)S(=O)(=O)c1ccc(Oc2ccc(Cl)cc2)cc1. The summed E-state index contributed by atoms with van der Waals surface area (Å²) in [6.45, 7) is 0. The van der Waals surface area contributed by atoms with Gasteiger partial charge < -0.3 is 4.74 Å². The van der Waals surface area contributed by atoms with Gasteiger partial charge in [-0.25, -0.2) is 13.9 Å². The normalized spacial score (nSPS) is 12.4.